The summed E-state index contributed by atoms with van der Waals surface area (Å²) < 4.78 is 2.15. The molecule has 4 heteroatoms. The van der Waals surface area contributed by atoms with Crippen molar-refractivity contribution in [3.05, 3.63) is 18.2 Å². The molecule has 0 saturated carbocycles. The Morgan fingerprint density at radius 1 is 1.53 bits per heavy atom. The van der Waals surface area contributed by atoms with E-state index in [2.05, 4.69) is 28.7 Å². The predicted molar refractivity (Wildman–Crippen MR) is 70.0 cm³/mol. The molecule has 0 radical (unpaired) electrons. The van der Waals surface area contributed by atoms with E-state index in [4.69, 9.17) is 0 Å². The minimum Gasteiger partial charge on any atom is -0.394 e. The second kappa shape index (κ2) is 6.77. The van der Waals surface area contributed by atoms with Gasteiger partial charge in [-0.25, -0.2) is 4.98 Å². The number of aliphatic hydroxyl groups excluding tert-OH is 1. The number of rotatable bonds is 8. The average Bonchev–Trinajstić information content (AvgIpc) is 2.73. The van der Waals surface area contributed by atoms with Crippen LogP contribution in [0.2, 0.25) is 0 Å². The maximum absolute atomic E-state index is 9.44. The van der Waals surface area contributed by atoms with Gasteiger partial charge in [0.15, 0.2) is 0 Å². The van der Waals surface area contributed by atoms with Crippen LogP contribution in [-0.4, -0.2) is 33.3 Å². The van der Waals surface area contributed by atoms with Gasteiger partial charge in [-0.2, -0.15) is 0 Å². The molecule has 0 aliphatic carbocycles. The Morgan fingerprint density at radius 2 is 2.29 bits per heavy atom. The fourth-order valence-corrected chi connectivity index (χ4v) is 1.93. The second-order valence-corrected chi connectivity index (χ2v) is 4.92. The smallest absolute Gasteiger partial charge is 0.105 e. The molecule has 1 heterocycles. The lowest BCUT2D eigenvalue weighted by atomic mass is 9.96. The highest BCUT2D eigenvalue weighted by Crippen LogP contribution is 2.13. The SMILES string of the molecule is CCCNC(C)(CO)CCCn1ccnc1C. The summed E-state index contributed by atoms with van der Waals surface area (Å²) in [7, 11) is 0. The van der Waals surface area contributed by atoms with E-state index in [1.54, 1.807) is 0 Å². The summed E-state index contributed by atoms with van der Waals surface area (Å²) in [4.78, 5) is 4.20. The quantitative estimate of drug-likeness (QED) is 0.726. The largest absolute Gasteiger partial charge is 0.394 e. The molecular formula is C13H25N3O. The normalized spacial score (nSPS) is 14.8. The zero-order valence-corrected chi connectivity index (χ0v) is 11.2. The highest BCUT2D eigenvalue weighted by atomic mass is 16.3. The monoisotopic (exact) mass is 239 g/mol. The van der Waals surface area contributed by atoms with Crippen LogP contribution in [-0.2, 0) is 6.54 Å². The summed E-state index contributed by atoms with van der Waals surface area (Å²) in [5.74, 6) is 1.05. The Bertz CT molecular complexity index is 324. The lowest BCUT2D eigenvalue weighted by Crippen LogP contribution is -2.46. The molecule has 4 nitrogen and oxygen atoms in total. The van der Waals surface area contributed by atoms with E-state index in [-0.39, 0.29) is 12.1 Å². The third-order valence-corrected chi connectivity index (χ3v) is 3.20. The lowest BCUT2D eigenvalue weighted by Gasteiger charge is -2.29. The lowest BCUT2D eigenvalue weighted by molar-refractivity contribution is 0.162. The number of aryl methyl sites for hydroxylation is 2. The third kappa shape index (κ3) is 4.48. The van der Waals surface area contributed by atoms with Gasteiger partial charge >= 0.3 is 0 Å². The van der Waals surface area contributed by atoms with Crippen LogP contribution in [0.25, 0.3) is 0 Å². The van der Waals surface area contributed by atoms with Gasteiger partial charge in [0.2, 0.25) is 0 Å². The summed E-state index contributed by atoms with van der Waals surface area (Å²) in [5, 5.41) is 12.9. The van der Waals surface area contributed by atoms with Gasteiger partial charge in [-0.1, -0.05) is 6.92 Å². The first-order valence-electron chi connectivity index (χ1n) is 6.45. The van der Waals surface area contributed by atoms with Crippen LogP contribution in [0.3, 0.4) is 0 Å². The van der Waals surface area contributed by atoms with Gasteiger partial charge in [-0.3, -0.25) is 0 Å². The number of nitrogens with zero attached hydrogens (tertiary/aromatic N) is 2. The molecule has 0 amide bonds. The van der Waals surface area contributed by atoms with Crippen molar-refractivity contribution in [1.29, 1.82) is 0 Å². The van der Waals surface area contributed by atoms with Crippen LogP contribution in [0.1, 0.15) is 38.9 Å². The Balaban J connectivity index is 2.35. The Labute approximate surface area is 104 Å². The minimum atomic E-state index is -0.148. The molecule has 0 fully saturated rings. The molecule has 0 bridgehead atoms. The molecule has 0 aromatic carbocycles. The maximum Gasteiger partial charge on any atom is 0.105 e. The molecule has 1 aromatic heterocycles. The fraction of sp³-hybridized carbons (Fsp3) is 0.769. The minimum absolute atomic E-state index is 0.148. The van der Waals surface area contributed by atoms with Crippen molar-refractivity contribution in [1.82, 2.24) is 14.9 Å². The number of hydrogen-bond acceptors (Lipinski definition) is 3. The summed E-state index contributed by atoms with van der Waals surface area (Å²) >= 11 is 0. The highest BCUT2D eigenvalue weighted by Gasteiger charge is 2.21. The van der Waals surface area contributed by atoms with Gasteiger partial charge in [0.1, 0.15) is 5.82 Å². The molecule has 17 heavy (non-hydrogen) atoms. The summed E-state index contributed by atoms with van der Waals surface area (Å²) in [5.41, 5.74) is -0.148. The van der Waals surface area contributed by atoms with E-state index in [0.717, 1.165) is 38.2 Å². The fourth-order valence-electron chi connectivity index (χ4n) is 1.93. The Morgan fingerprint density at radius 3 is 2.82 bits per heavy atom. The van der Waals surface area contributed by atoms with Gasteiger partial charge in [-0.15, -0.1) is 0 Å². The summed E-state index contributed by atoms with van der Waals surface area (Å²) in [6.45, 7) is 8.36. The van der Waals surface area contributed by atoms with Crippen molar-refractivity contribution >= 4 is 0 Å². The molecule has 2 N–H and O–H groups in total. The van der Waals surface area contributed by atoms with Gasteiger partial charge in [0.25, 0.3) is 0 Å². The molecule has 1 aromatic rings. The molecule has 0 aliphatic rings. The number of imidazole rings is 1. The summed E-state index contributed by atoms with van der Waals surface area (Å²) in [6, 6.07) is 0. The van der Waals surface area contributed by atoms with Crippen LogP contribution in [0.15, 0.2) is 12.4 Å². The van der Waals surface area contributed by atoms with Gasteiger partial charge in [0.05, 0.1) is 6.61 Å². The van der Waals surface area contributed by atoms with Crippen molar-refractivity contribution in [2.24, 2.45) is 0 Å². The van der Waals surface area contributed by atoms with E-state index in [1.807, 2.05) is 19.3 Å². The summed E-state index contributed by atoms with van der Waals surface area (Å²) in [6.07, 6.45) is 6.95. The molecule has 1 rings (SSSR count). The molecule has 0 spiro atoms. The van der Waals surface area contributed by atoms with Gasteiger partial charge in [-0.05, 0) is 39.7 Å². The van der Waals surface area contributed by atoms with Crippen molar-refractivity contribution in [2.45, 2.75) is 52.1 Å². The van der Waals surface area contributed by atoms with E-state index in [0.29, 0.717) is 0 Å². The number of hydrogen-bond donors (Lipinski definition) is 2. The van der Waals surface area contributed by atoms with Gasteiger partial charge in [0, 0.05) is 24.5 Å². The zero-order chi connectivity index (χ0) is 12.7. The first-order chi connectivity index (χ1) is 8.11. The van der Waals surface area contributed by atoms with E-state index >= 15 is 0 Å². The van der Waals surface area contributed by atoms with Crippen LogP contribution < -0.4 is 5.32 Å². The molecule has 1 atom stereocenters. The Kier molecular flexibility index (Phi) is 5.65. The van der Waals surface area contributed by atoms with E-state index in [9.17, 15) is 5.11 Å². The molecule has 98 valence electrons. The van der Waals surface area contributed by atoms with Crippen molar-refractivity contribution in [2.75, 3.05) is 13.2 Å². The van der Waals surface area contributed by atoms with Crippen LogP contribution in [0.4, 0.5) is 0 Å². The maximum atomic E-state index is 9.44. The Hall–Kier alpha value is -0.870. The van der Waals surface area contributed by atoms with Crippen molar-refractivity contribution < 1.29 is 5.11 Å². The predicted octanol–water partition coefficient (Wildman–Crippen LogP) is 1.72. The highest BCUT2D eigenvalue weighted by molar-refractivity contribution is 4.89. The molecule has 0 saturated heterocycles. The first-order valence-corrected chi connectivity index (χ1v) is 6.45. The molecular weight excluding hydrogens is 214 g/mol. The molecule has 1 unspecified atom stereocenters. The van der Waals surface area contributed by atoms with E-state index < -0.39 is 0 Å². The zero-order valence-electron chi connectivity index (χ0n) is 11.2. The van der Waals surface area contributed by atoms with Crippen molar-refractivity contribution in [3.8, 4) is 0 Å². The average molecular weight is 239 g/mol. The molecule has 0 aliphatic heterocycles. The standard InChI is InChI=1S/C13H25N3O/c1-4-7-15-13(3,11-17)6-5-9-16-10-8-14-12(16)2/h8,10,15,17H,4-7,9,11H2,1-3H3. The second-order valence-electron chi connectivity index (χ2n) is 4.92. The number of aliphatic hydroxyl groups is 1. The van der Waals surface area contributed by atoms with Crippen LogP contribution >= 0.6 is 0 Å². The topological polar surface area (TPSA) is 50.1 Å². The number of aromatic nitrogens is 2. The van der Waals surface area contributed by atoms with E-state index in [1.165, 1.54) is 0 Å². The number of nitrogens with one attached hydrogen (secondary N) is 1. The van der Waals surface area contributed by atoms with Crippen LogP contribution in [0.5, 0.6) is 0 Å². The van der Waals surface area contributed by atoms with Crippen LogP contribution in [0, 0.1) is 6.92 Å². The first kappa shape index (κ1) is 14.2. The van der Waals surface area contributed by atoms with Crippen molar-refractivity contribution in [3.63, 3.8) is 0 Å². The van der Waals surface area contributed by atoms with Gasteiger partial charge < -0.3 is 15.0 Å². The third-order valence-electron chi connectivity index (χ3n) is 3.20.